The molecule has 2 aromatic carbocycles. The minimum atomic E-state index is 0.613. The average Bonchev–Trinajstić information content (AvgIpc) is 2.61. The minimum absolute atomic E-state index is 0.613. The predicted molar refractivity (Wildman–Crippen MR) is 109 cm³/mol. The predicted octanol–water partition coefficient (Wildman–Crippen LogP) is 4.64. The van der Waals surface area contributed by atoms with E-state index in [2.05, 4.69) is 21.9 Å². The summed E-state index contributed by atoms with van der Waals surface area (Å²) in [7, 11) is 0. The van der Waals surface area contributed by atoms with Crippen LogP contribution in [0.3, 0.4) is 0 Å². The molecule has 126 valence electrons. The number of rotatable bonds is 4. The van der Waals surface area contributed by atoms with E-state index in [-0.39, 0.29) is 0 Å². The summed E-state index contributed by atoms with van der Waals surface area (Å²) < 4.78 is 0. The number of hydrogen-bond acceptors (Lipinski definition) is 3. The van der Waals surface area contributed by atoms with E-state index < -0.39 is 0 Å². The number of thiocarbonyl (C=S) groups is 1. The zero-order valence-corrected chi connectivity index (χ0v) is 15.2. The van der Waals surface area contributed by atoms with Crippen LogP contribution >= 0.6 is 12.2 Å². The van der Waals surface area contributed by atoms with Crippen LogP contribution in [-0.2, 0) is 0 Å². The lowest BCUT2D eigenvalue weighted by atomic mass is 10.2. The molecule has 5 heteroatoms. The van der Waals surface area contributed by atoms with Crippen molar-refractivity contribution >= 4 is 39.7 Å². The molecule has 1 heterocycles. The van der Waals surface area contributed by atoms with Crippen molar-refractivity contribution in [1.29, 1.82) is 0 Å². The summed E-state index contributed by atoms with van der Waals surface area (Å²) >= 11 is 5.61. The van der Waals surface area contributed by atoms with Gasteiger partial charge in [-0.25, -0.2) is 9.97 Å². The molecule has 0 saturated heterocycles. The summed E-state index contributed by atoms with van der Waals surface area (Å²) in [6, 6.07) is 15.9. The fourth-order valence-corrected chi connectivity index (χ4v) is 2.84. The molecule has 0 fully saturated rings. The summed E-state index contributed by atoms with van der Waals surface area (Å²) in [5.41, 5.74) is 5.53. The molecule has 3 aromatic rings. The van der Waals surface area contributed by atoms with Crippen molar-refractivity contribution in [3.63, 3.8) is 0 Å². The molecule has 1 N–H and O–H groups in total. The van der Waals surface area contributed by atoms with Crippen LogP contribution in [0.2, 0.25) is 0 Å². The lowest BCUT2D eigenvalue weighted by Gasteiger charge is -2.24. The van der Waals surface area contributed by atoms with E-state index in [1.165, 1.54) is 0 Å². The van der Waals surface area contributed by atoms with Gasteiger partial charge in [-0.2, -0.15) is 0 Å². The number of hydrogen-bond donors (Lipinski definition) is 1. The molecule has 0 atom stereocenters. The molecule has 0 aliphatic carbocycles. The molecule has 4 nitrogen and oxygen atoms in total. The quantitative estimate of drug-likeness (QED) is 0.550. The zero-order chi connectivity index (χ0) is 17.8. The second-order valence-electron chi connectivity index (χ2n) is 5.76. The highest BCUT2D eigenvalue weighted by molar-refractivity contribution is 7.80. The van der Waals surface area contributed by atoms with Gasteiger partial charge in [0.1, 0.15) is 0 Å². The zero-order valence-electron chi connectivity index (χ0n) is 14.4. The van der Waals surface area contributed by atoms with Crippen molar-refractivity contribution in [3.05, 3.63) is 72.6 Å². The topological polar surface area (TPSA) is 41.0 Å². The number of nitrogens with zero attached hydrogens (tertiary/aromatic N) is 3. The molecule has 0 amide bonds. The first-order valence-electron chi connectivity index (χ1n) is 8.08. The van der Waals surface area contributed by atoms with Crippen LogP contribution in [0.4, 0.5) is 11.4 Å². The molecular weight excluding hydrogens is 328 g/mol. The van der Waals surface area contributed by atoms with E-state index in [9.17, 15) is 0 Å². The minimum Gasteiger partial charge on any atom is -0.332 e. The first-order chi connectivity index (χ1) is 12.1. The molecule has 1 aromatic heterocycles. The smallest absolute Gasteiger partial charge is 0.178 e. The number of nitrogens with one attached hydrogen (secondary N) is 1. The SMILES string of the molecule is C=CCN(C(=S)Nc1ccc2nc(C)c(C)nc2c1)c1ccccc1. The van der Waals surface area contributed by atoms with Crippen LogP contribution in [-0.4, -0.2) is 21.6 Å². The van der Waals surface area contributed by atoms with Crippen molar-refractivity contribution in [1.82, 2.24) is 9.97 Å². The second-order valence-corrected chi connectivity index (χ2v) is 6.15. The van der Waals surface area contributed by atoms with Crippen molar-refractivity contribution in [2.75, 3.05) is 16.8 Å². The number of benzene rings is 2. The molecule has 0 unspecified atom stereocenters. The molecule has 0 spiro atoms. The van der Waals surface area contributed by atoms with E-state index in [4.69, 9.17) is 12.2 Å². The third-order valence-electron chi connectivity index (χ3n) is 3.95. The van der Waals surface area contributed by atoms with Gasteiger partial charge in [-0.3, -0.25) is 0 Å². The third kappa shape index (κ3) is 3.83. The largest absolute Gasteiger partial charge is 0.332 e. The fourth-order valence-electron chi connectivity index (χ4n) is 2.54. The monoisotopic (exact) mass is 348 g/mol. The number of anilines is 2. The van der Waals surface area contributed by atoms with E-state index in [1.54, 1.807) is 0 Å². The lowest BCUT2D eigenvalue weighted by Crippen LogP contribution is -2.34. The Kier molecular flexibility index (Phi) is 5.05. The summed E-state index contributed by atoms with van der Waals surface area (Å²) in [5.74, 6) is 0. The number of para-hydroxylation sites is 1. The first kappa shape index (κ1) is 17.0. The van der Waals surface area contributed by atoms with Crippen molar-refractivity contribution in [3.8, 4) is 0 Å². The summed E-state index contributed by atoms with van der Waals surface area (Å²) in [6.07, 6.45) is 1.83. The van der Waals surface area contributed by atoms with E-state index in [0.717, 1.165) is 33.8 Å². The van der Waals surface area contributed by atoms with Gasteiger partial charge < -0.3 is 10.2 Å². The van der Waals surface area contributed by atoms with Gasteiger partial charge in [0.2, 0.25) is 0 Å². The molecule has 0 bridgehead atoms. The van der Waals surface area contributed by atoms with Gasteiger partial charge in [-0.05, 0) is 56.4 Å². The van der Waals surface area contributed by atoms with Gasteiger partial charge >= 0.3 is 0 Å². The van der Waals surface area contributed by atoms with Crippen LogP contribution in [0.15, 0.2) is 61.2 Å². The summed E-state index contributed by atoms with van der Waals surface area (Å²) in [5, 5.41) is 3.91. The average molecular weight is 348 g/mol. The molecule has 0 aliphatic rings. The molecule has 0 aliphatic heterocycles. The molecule has 0 saturated carbocycles. The number of fused-ring (bicyclic) bond motifs is 1. The van der Waals surface area contributed by atoms with Crippen molar-refractivity contribution < 1.29 is 0 Å². The normalized spacial score (nSPS) is 10.5. The van der Waals surface area contributed by atoms with Crippen molar-refractivity contribution in [2.24, 2.45) is 0 Å². The Balaban J connectivity index is 1.87. The second kappa shape index (κ2) is 7.40. The van der Waals surface area contributed by atoms with Crippen LogP contribution in [0.1, 0.15) is 11.4 Å². The fraction of sp³-hybridized carbons (Fsp3) is 0.150. The van der Waals surface area contributed by atoms with Crippen LogP contribution in [0.5, 0.6) is 0 Å². The first-order valence-corrected chi connectivity index (χ1v) is 8.49. The van der Waals surface area contributed by atoms with Gasteiger partial charge in [0, 0.05) is 17.9 Å². The maximum Gasteiger partial charge on any atom is 0.178 e. The van der Waals surface area contributed by atoms with E-state index in [1.807, 2.05) is 73.4 Å². The summed E-state index contributed by atoms with van der Waals surface area (Å²) in [6.45, 7) is 8.39. The van der Waals surface area contributed by atoms with E-state index >= 15 is 0 Å². The van der Waals surface area contributed by atoms with Crippen LogP contribution < -0.4 is 10.2 Å². The van der Waals surface area contributed by atoms with Gasteiger partial charge in [0.05, 0.1) is 22.4 Å². The van der Waals surface area contributed by atoms with Crippen LogP contribution in [0, 0.1) is 13.8 Å². The highest BCUT2D eigenvalue weighted by Gasteiger charge is 2.11. The Hall–Kier alpha value is -2.79. The summed E-state index contributed by atoms with van der Waals surface area (Å²) in [4.78, 5) is 11.2. The Morgan fingerprint density at radius 1 is 1.08 bits per heavy atom. The van der Waals surface area contributed by atoms with Gasteiger partial charge in [0.25, 0.3) is 0 Å². The third-order valence-corrected chi connectivity index (χ3v) is 4.27. The standard InChI is InChI=1S/C20H20N4S/c1-4-12-24(17-8-6-5-7-9-17)20(25)23-16-10-11-18-19(13-16)22-15(3)14(2)21-18/h4-11,13H,1,12H2,2-3H3,(H,23,25). The Bertz CT molecular complexity index is 922. The van der Waals surface area contributed by atoms with Gasteiger partial charge in [-0.1, -0.05) is 24.3 Å². The Morgan fingerprint density at radius 3 is 2.44 bits per heavy atom. The Labute approximate surface area is 153 Å². The van der Waals surface area contributed by atoms with Gasteiger partial charge in [-0.15, -0.1) is 6.58 Å². The van der Waals surface area contributed by atoms with Crippen LogP contribution in [0.25, 0.3) is 11.0 Å². The number of aromatic nitrogens is 2. The molecule has 3 rings (SSSR count). The lowest BCUT2D eigenvalue weighted by molar-refractivity contribution is 1.10. The highest BCUT2D eigenvalue weighted by Crippen LogP contribution is 2.20. The number of aryl methyl sites for hydroxylation is 2. The van der Waals surface area contributed by atoms with Gasteiger partial charge in [0.15, 0.2) is 5.11 Å². The molecule has 0 radical (unpaired) electrons. The molecule has 25 heavy (non-hydrogen) atoms. The highest BCUT2D eigenvalue weighted by atomic mass is 32.1. The van der Waals surface area contributed by atoms with E-state index in [0.29, 0.717) is 11.7 Å². The maximum atomic E-state index is 5.61. The molecular formula is C20H20N4S. The maximum absolute atomic E-state index is 5.61. The van der Waals surface area contributed by atoms with Crippen molar-refractivity contribution in [2.45, 2.75) is 13.8 Å². The Morgan fingerprint density at radius 2 is 1.76 bits per heavy atom.